The molecule has 150 valence electrons. The van der Waals surface area contributed by atoms with Crippen LogP contribution in [0, 0.1) is 5.82 Å². The van der Waals surface area contributed by atoms with Crippen molar-refractivity contribution in [3.8, 4) is 0 Å². The predicted octanol–water partition coefficient (Wildman–Crippen LogP) is 2.86. The average Bonchev–Trinajstić information content (AvgIpc) is 3.09. The molecule has 0 unspecified atom stereocenters. The molecular formula is C21H27FN4O2. The second kappa shape index (κ2) is 9.48. The summed E-state index contributed by atoms with van der Waals surface area (Å²) in [6, 6.07) is 6.53. The molecule has 1 aliphatic rings. The van der Waals surface area contributed by atoms with Crippen molar-refractivity contribution in [2.45, 2.75) is 52.0 Å². The van der Waals surface area contributed by atoms with Crippen LogP contribution in [0.3, 0.4) is 0 Å². The lowest BCUT2D eigenvalue weighted by molar-refractivity contribution is 0.0938. The molecule has 28 heavy (non-hydrogen) atoms. The van der Waals surface area contributed by atoms with Gasteiger partial charge >= 0.3 is 0 Å². The van der Waals surface area contributed by atoms with E-state index < -0.39 is 0 Å². The number of amides is 2. The Bertz CT molecular complexity index is 847. The highest BCUT2D eigenvalue weighted by Gasteiger charge is 2.27. The molecular weight excluding hydrogens is 359 g/mol. The number of carbonyl (C=O) groups excluding carboxylic acids is 2. The number of imidazole rings is 1. The molecule has 0 saturated heterocycles. The van der Waals surface area contributed by atoms with Crippen LogP contribution in [-0.2, 0) is 19.4 Å². The van der Waals surface area contributed by atoms with Crippen LogP contribution in [0.25, 0.3) is 0 Å². The maximum Gasteiger partial charge on any atom is 0.287 e. The fraction of sp³-hybridized carbons (Fsp3) is 0.476. The zero-order valence-corrected chi connectivity index (χ0v) is 16.3. The van der Waals surface area contributed by atoms with Crippen LogP contribution >= 0.6 is 0 Å². The van der Waals surface area contributed by atoms with Crippen molar-refractivity contribution in [3.63, 3.8) is 0 Å². The molecule has 6 nitrogen and oxygen atoms in total. The van der Waals surface area contributed by atoms with Gasteiger partial charge < -0.3 is 15.2 Å². The van der Waals surface area contributed by atoms with Gasteiger partial charge in [-0.15, -0.1) is 0 Å². The minimum Gasteiger partial charge on any atom is -0.351 e. The van der Waals surface area contributed by atoms with Crippen LogP contribution < -0.4 is 10.6 Å². The molecule has 0 radical (unpaired) electrons. The number of hydrogen-bond acceptors (Lipinski definition) is 3. The van der Waals surface area contributed by atoms with Gasteiger partial charge in [-0.25, -0.2) is 9.37 Å². The summed E-state index contributed by atoms with van der Waals surface area (Å²) in [5.41, 5.74) is 1.75. The van der Waals surface area contributed by atoms with E-state index in [0.29, 0.717) is 37.3 Å². The first-order chi connectivity index (χ1) is 13.6. The van der Waals surface area contributed by atoms with E-state index >= 15 is 0 Å². The molecule has 0 atom stereocenters. The number of benzene rings is 1. The number of rotatable bonds is 8. The lowest BCUT2D eigenvalue weighted by atomic mass is 10.1. The fourth-order valence-corrected chi connectivity index (χ4v) is 3.45. The number of unbranched alkanes of at least 4 members (excludes halogenated alkanes) is 1. The molecule has 3 rings (SSSR count). The smallest absolute Gasteiger partial charge is 0.287 e. The molecule has 0 spiro atoms. The van der Waals surface area contributed by atoms with Gasteiger partial charge in [0, 0.05) is 19.6 Å². The monoisotopic (exact) mass is 386 g/mol. The predicted molar refractivity (Wildman–Crippen MR) is 105 cm³/mol. The Morgan fingerprint density at radius 3 is 2.71 bits per heavy atom. The highest BCUT2D eigenvalue weighted by molar-refractivity contribution is 5.97. The van der Waals surface area contributed by atoms with Gasteiger partial charge in [0.1, 0.15) is 11.5 Å². The summed E-state index contributed by atoms with van der Waals surface area (Å²) < 4.78 is 15.6. The van der Waals surface area contributed by atoms with Gasteiger partial charge in [0.15, 0.2) is 5.82 Å². The van der Waals surface area contributed by atoms with Gasteiger partial charge in [0.25, 0.3) is 11.8 Å². The van der Waals surface area contributed by atoms with Gasteiger partial charge in [-0.1, -0.05) is 31.5 Å². The van der Waals surface area contributed by atoms with E-state index in [1.54, 1.807) is 18.2 Å². The second-order valence-corrected chi connectivity index (χ2v) is 7.05. The molecule has 2 N–H and O–H groups in total. The molecule has 2 heterocycles. The van der Waals surface area contributed by atoms with Crippen LogP contribution in [0.4, 0.5) is 4.39 Å². The first-order valence-corrected chi connectivity index (χ1v) is 10.0. The van der Waals surface area contributed by atoms with Crippen LogP contribution in [0.5, 0.6) is 0 Å². The van der Waals surface area contributed by atoms with E-state index in [1.165, 1.54) is 6.07 Å². The van der Waals surface area contributed by atoms with Crippen molar-refractivity contribution in [2.24, 2.45) is 0 Å². The van der Waals surface area contributed by atoms with E-state index in [9.17, 15) is 14.0 Å². The first-order valence-electron chi connectivity index (χ1n) is 10.0. The van der Waals surface area contributed by atoms with Crippen molar-refractivity contribution >= 4 is 11.8 Å². The van der Waals surface area contributed by atoms with Crippen LogP contribution in [0.2, 0.25) is 0 Å². The summed E-state index contributed by atoms with van der Waals surface area (Å²) in [6.07, 6.45) is 4.98. The number of aromatic nitrogens is 2. The summed E-state index contributed by atoms with van der Waals surface area (Å²) in [5.74, 6) is -0.554. The summed E-state index contributed by atoms with van der Waals surface area (Å²) in [6.45, 7) is 3.65. The molecule has 1 aromatic heterocycles. The van der Waals surface area contributed by atoms with Gasteiger partial charge in [0.05, 0.1) is 5.69 Å². The van der Waals surface area contributed by atoms with E-state index in [-0.39, 0.29) is 23.5 Å². The summed E-state index contributed by atoms with van der Waals surface area (Å²) >= 11 is 0. The quantitative estimate of drug-likeness (QED) is 0.685. The highest BCUT2D eigenvalue weighted by atomic mass is 19.1. The van der Waals surface area contributed by atoms with Crippen LogP contribution in [-0.4, -0.2) is 34.5 Å². The van der Waals surface area contributed by atoms with E-state index in [4.69, 9.17) is 0 Å². The third kappa shape index (κ3) is 4.58. The fourth-order valence-electron chi connectivity index (χ4n) is 3.45. The molecule has 2 amide bonds. The molecule has 7 heteroatoms. The summed E-state index contributed by atoms with van der Waals surface area (Å²) in [5, 5.41) is 5.69. The normalized spacial score (nSPS) is 13.1. The highest BCUT2D eigenvalue weighted by Crippen LogP contribution is 2.21. The molecule has 2 aromatic rings. The number of halogens is 1. The molecule has 0 fully saturated rings. The van der Waals surface area contributed by atoms with E-state index in [2.05, 4.69) is 22.5 Å². The number of nitrogens with zero attached hydrogens (tertiary/aromatic N) is 2. The molecule has 0 saturated carbocycles. The summed E-state index contributed by atoms with van der Waals surface area (Å²) in [4.78, 5) is 29.6. The number of carbonyl (C=O) groups is 2. The Labute approximate surface area is 164 Å². The Balaban J connectivity index is 1.69. The molecule has 1 aliphatic heterocycles. The lowest BCUT2D eigenvalue weighted by Crippen LogP contribution is -2.29. The molecule has 0 bridgehead atoms. The number of hydrogen-bond donors (Lipinski definition) is 2. The maximum atomic E-state index is 13.7. The average molecular weight is 386 g/mol. The van der Waals surface area contributed by atoms with Crippen LogP contribution in [0.1, 0.15) is 65.0 Å². The largest absolute Gasteiger partial charge is 0.351 e. The topological polar surface area (TPSA) is 76.0 Å². The third-order valence-corrected chi connectivity index (χ3v) is 4.99. The van der Waals surface area contributed by atoms with Gasteiger partial charge in [-0.3, -0.25) is 9.59 Å². The van der Waals surface area contributed by atoms with Crippen molar-refractivity contribution in [2.75, 3.05) is 13.1 Å². The first kappa shape index (κ1) is 20.0. The van der Waals surface area contributed by atoms with Crippen molar-refractivity contribution < 1.29 is 14.0 Å². The number of fused-ring (bicyclic) bond motifs is 1. The molecule has 0 aliphatic carbocycles. The Morgan fingerprint density at radius 1 is 1.14 bits per heavy atom. The van der Waals surface area contributed by atoms with Crippen molar-refractivity contribution in [3.05, 3.63) is 52.9 Å². The zero-order valence-electron chi connectivity index (χ0n) is 16.3. The molecule has 1 aromatic carbocycles. The zero-order chi connectivity index (χ0) is 19.9. The standard InChI is InChI=1S/C21H27FN4O2/c1-2-3-12-23-20(27)18-17-10-6-7-14-26(17)19(25-18)21(28)24-13-11-15-8-4-5-9-16(15)22/h4-5,8-9H,2-3,6-7,10-14H2,1H3,(H,23,27)(H,24,28). The number of nitrogens with one attached hydrogen (secondary N) is 2. The Hall–Kier alpha value is -2.70. The van der Waals surface area contributed by atoms with E-state index in [0.717, 1.165) is 37.8 Å². The van der Waals surface area contributed by atoms with Crippen LogP contribution in [0.15, 0.2) is 24.3 Å². The Morgan fingerprint density at radius 2 is 1.93 bits per heavy atom. The Kier molecular flexibility index (Phi) is 6.79. The van der Waals surface area contributed by atoms with Crippen molar-refractivity contribution in [1.29, 1.82) is 0 Å². The van der Waals surface area contributed by atoms with Crippen molar-refractivity contribution in [1.82, 2.24) is 20.2 Å². The van der Waals surface area contributed by atoms with Gasteiger partial charge in [0.2, 0.25) is 0 Å². The lowest BCUT2D eigenvalue weighted by Gasteiger charge is -2.17. The summed E-state index contributed by atoms with van der Waals surface area (Å²) in [7, 11) is 0. The minimum atomic E-state index is -0.327. The minimum absolute atomic E-state index is 0.218. The maximum absolute atomic E-state index is 13.7. The SMILES string of the molecule is CCCCNC(=O)c1nc(C(=O)NCCc2ccccc2F)n2c1CCCC2. The van der Waals surface area contributed by atoms with Gasteiger partial charge in [-0.05, 0) is 43.7 Å². The second-order valence-electron chi connectivity index (χ2n) is 7.05. The van der Waals surface area contributed by atoms with Gasteiger partial charge in [-0.2, -0.15) is 0 Å². The third-order valence-electron chi connectivity index (χ3n) is 4.99. The van der Waals surface area contributed by atoms with E-state index in [1.807, 2.05) is 4.57 Å².